The van der Waals surface area contributed by atoms with Crippen molar-refractivity contribution in [3.05, 3.63) is 11.7 Å². The minimum atomic E-state index is -0.463. The molecule has 1 aromatic heterocycles. The predicted octanol–water partition coefficient (Wildman–Crippen LogP) is 4.12. The normalized spacial score (nSPS) is 26.3. The highest BCUT2D eigenvalue weighted by Crippen LogP contribution is 2.38. The van der Waals surface area contributed by atoms with E-state index in [4.69, 9.17) is 4.52 Å². The molecule has 0 bridgehead atoms. The van der Waals surface area contributed by atoms with E-state index in [0.29, 0.717) is 11.8 Å². The van der Waals surface area contributed by atoms with Crippen LogP contribution in [0.1, 0.15) is 83.9 Å². The lowest BCUT2D eigenvalue weighted by molar-refractivity contribution is 0.120. The lowest BCUT2D eigenvalue weighted by Gasteiger charge is -2.29. The van der Waals surface area contributed by atoms with Gasteiger partial charge in [-0.25, -0.2) is 0 Å². The molecular formula is C17H30N2O2. The van der Waals surface area contributed by atoms with Gasteiger partial charge in [0.05, 0.1) is 12.0 Å². The van der Waals surface area contributed by atoms with Gasteiger partial charge in [0.1, 0.15) is 0 Å². The molecule has 1 aliphatic rings. The van der Waals surface area contributed by atoms with Crippen molar-refractivity contribution in [2.24, 2.45) is 17.8 Å². The molecule has 1 saturated carbocycles. The molecule has 0 aromatic carbocycles. The van der Waals surface area contributed by atoms with E-state index >= 15 is 0 Å². The highest BCUT2D eigenvalue weighted by Gasteiger charge is 2.31. The maximum Gasteiger partial charge on any atom is 0.232 e. The molecular weight excluding hydrogens is 264 g/mol. The Hall–Kier alpha value is -0.900. The molecule has 0 aliphatic heterocycles. The first-order valence-corrected chi connectivity index (χ1v) is 8.41. The fraction of sp³-hybridized carbons (Fsp3) is 0.882. The molecule has 0 spiro atoms. The number of nitrogens with zero attached hydrogens (tertiary/aromatic N) is 2. The summed E-state index contributed by atoms with van der Waals surface area (Å²) in [4.78, 5) is 4.61. The number of hydrogen-bond donors (Lipinski definition) is 1. The van der Waals surface area contributed by atoms with Crippen molar-refractivity contribution < 1.29 is 9.63 Å². The average molecular weight is 294 g/mol. The minimum absolute atomic E-state index is 0.0711. The third kappa shape index (κ3) is 3.85. The molecule has 120 valence electrons. The molecule has 21 heavy (non-hydrogen) atoms. The standard InChI is InChI=1S/C17H30N2O2/c1-10(2)13-6-8-14(9-7-13)16-18-17(21-19-16)15(11(3)4)12(5)20/h10-15,20H,6-9H2,1-5H3. The van der Waals surface area contributed by atoms with Gasteiger partial charge in [0.15, 0.2) is 5.82 Å². The second-order valence-electron chi connectivity index (χ2n) is 7.36. The SMILES string of the molecule is CC(C)C1CCC(c2noc(C(C(C)C)C(C)O)n2)CC1. The summed E-state index contributed by atoms with van der Waals surface area (Å²) in [5.74, 6) is 3.70. The molecule has 2 unspecified atom stereocenters. The Morgan fingerprint density at radius 3 is 2.14 bits per heavy atom. The Kier molecular flexibility index (Phi) is 5.42. The Morgan fingerprint density at radius 2 is 1.67 bits per heavy atom. The van der Waals surface area contributed by atoms with Gasteiger partial charge < -0.3 is 9.63 Å². The van der Waals surface area contributed by atoms with Gasteiger partial charge in [-0.1, -0.05) is 32.9 Å². The van der Waals surface area contributed by atoms with E-state index in [1.807, 2.05) is 0 Å². The van der Waals surface area contributed by atoms with E-state index in [2.05, 4.69) is 37.8 Å². The summed E-state index contributed by atoms with van der Waals surface area (Å²) < 4.78 is 5.46. The number of aliphatic hydroxyl groups is 1. The fourth-order valence-corrected chi connectivity index (χ4v) is 3.64. The highest BCUT2D eigenvalue weighted by molar-refractivity contribution is 5.03. The molecule has 1 aliphatic carbocycles. The van der Waals surface area contributed by atoms with Crippen LogP contribution in [0.15, 0.2) is 4.52 Å². The van der Waals surface area contributed by atoms with Crippen molar-refractivity contribution in [2.75, 3.05) is 0 Å². The molecule has 0 amide bonds. The summed E-state index contributed by atoms with van der Waals surface area (Å²) in [5.41, 5.74) is 0. The summed E-state index contributed by atoms with van der Waals surface area (Å²) >= 11 is 0. The number of rotatable bonds is 5. The molecule has 4 heteroatoms. The first-order chi connectivity index (χ1) is 9.90. The maximum absolute atomic E-state index is 9.92. The van der Waals surface area contributed by atoms with Crippen LogP contribution in [0.2, 0.25) is 0 Å². The third-order valence-electron chi connectivity index (χ3n) is 5.06. The summed E-state index contributed by atoms with van der Waals surface area (Å²) in [6, 6.07) is 0. The molecule has 2 atom stereocenters. The molecule has 1 heterocycles. The van der Waals surface area contributed by atoms with E-state index < -0.39 is 6.10 Å². The van der Waals surface area contributed by atoms with E-state index in [1.165, 1.54) is 12.8 Å². The molecule has 1 N–H and O–H groups in total. The maximum atomic E-state index is 9.92. The second kappa shape index (κ2) is 6.91. The zero-order valence-electron chi connectivity index (χ0n) is 14.0. The van der Waals surface area contributed by atoms with Crippen molar-refractivity contribution >= 4 is 0 Å². The Labute approximate surface area is 128 Å². The highest BCUT2D eigenvalue weighted by atomic mass is 16.5. The van der Waals surface area contributed by atoms with Gasteiger partial charge in [-0.05, 0) is 50.4 Å². The van der Waals surface area contributed by atoms with Crippen molar-refractivity contribution in [3.8, 4) is 0 Å². The van der Waals surface area contributed by atoms with Crippen LogP contribution in [0.5, 0.6) is 0 Å². The molecule has 1 fully saturated rings. The van der Waals surface area contributed by atoms with Crippen molar-refractivity contribution in [3.63, 3.8) is 0 Å². The van der Waals surface area contributed by atoms with Crippen LogP contribution in [-0.4, -0.2) is 21.4 Å². The van der Waals surface area contributed by atoms with Crippen molar-refractivity contribution in [1.82, 2.24) is 10.1 Å². The van der Waals surface area contributed by atoms with E-state index in [0.717, 1.165) is 30.5 Å². The third-order valence-corrected chi connectivity index (χ3v) is 5.06. The Bertz CT molecular complexity index is 424. The topological polar surface area (TPSA) is 59.2 Å². The molecule has 0 radical (unpaired) electrons. The Morgan fingerprint density at radius 1 is 1.05 bits per heavy atom. The zero-order chi connectivity index (χ0) is 15.6. The van der Waals surface area contributed by atoms with Crippen molar-refractivity contribution in [1.29, 1.82) is 0 Å². The van der Waals surface area contributed by atoms with E-state index in [-0.39, 0.29) is 11.8 Å². The first-order valence-electron chi connectivity index (χ1n) is 8.41. The van der Waals surface area contributed by atoms with E-state index in [9.17, 15) is 5.11 Å². The van der Waals surface area contributed by atoms with Crippen LogP contribution >= 0.6 is 0 Å². The molecule has 2 rings (SSSR count). The van der Waals surface area contributed by atoms with Crippen molar-refractivity contribution in [2.45, 2.75) is 78.2 Å². The predicted molar refractivity (Wildman–Crippen MR) is 83.1 cm³/mol. The second-order valence-corrected chi connectivity index (χ2v) is 7.36. The molecule has 4 nitrogen and oxygen atoms in total. The van der Waals surface area contributed by atoms with Crippen LogP contribution in [0.3, 0.4) is 0 Å². The van der Waals surface area contributed by atoms with Gasteiger partial charge in [-0.2, -0.15) is 4.98 Å². The largest absolute Gasteiger partial charge is 0.393 e. The van der Waals surface area contributed by atoms with Gasteiger partial charge in [0.25, 0.3) is 0 Å². The average Bonchev–Trinajstić information content (AvgIpc) is 2.87. The first kappa shape index (κ1) is 16.5. The minimum Gasteiger partial charge on any atom is -0.393 e. The van der Waals surface area contributed by atoms with Gasteiger partial charge in [0.2, 0.25) is 5.89 Å². The lowest BCUT2D eigenvalue weighted by atomic mass is 9.77. The smallest absolute Gasteiger partial charge is 0.232 e. The van der Waals surface area contributed by atoms with Crippen LogP contribution in [-0.2, 0) is 0 Å². The monoisotopic (exact) mass is 294 g/mol. The lowest BCUT2D eigenvalue weighted by Crippen LogP contribution is -2.21. The molecule has 1 aromatic rings. The van der Waals surface area contributed by atoms with Crippen LogP contribution in [0.25, 0.3) is 0 Å². The summed E-state index contributed by atoms with van der Waals surface area (Å²) in [6.45, 7) is 10.6. The number of aliphatic hydroxyl groups excluding tert-OH is 1. The quantitative estimate of drug-likeness (QED) is 0.887. The summed E-state index contributed by atoms with van der Waals surface area (Å²) in [7, 11) is 0. The summed E-state index contributed by atoms with van der Waals surface area (Å²) in [5, 5.41) is 14.1. The van der Waals surface area contributed by atoms with Gasteiger partial charge in [-0.15, -0.1) is 0 Å². The summed E-state index contributed by atoms with van der Waals surface area (Å²) in [6.07, 6.45) is 4.37. The molecule has 0 saturated heterocycles. The van der Waals surface area contributed by atoms with Gasteiger partial charge >= 0.3 is 0 Å². The number of hydrogen-bond acceptors (Lipinski definition) is 4. The number of aromatic nitrogens is 2. The van der Waals surface area contributed by atoms with Crippen LogP contribution < -0.4 is 0 Å². The van der Waals surface area contributed by atoms with E-state index in [1.54, 1.807) is 6.92 Å². The van der Waals surface area contributed by atoms with Crippen LogP contribution in [0, 0.1) is 17.8 Å². The zero-order valence-corrected chi connectivity index (χ0v) is 14.0. The Balaban J connectivity index is 2.03. The van der Waals surface area contributed by atoms with Gasteiger partial charge in [0, 0.05) is 5.92 Å². The fourth-order valence-electron chi connectivity index (χ4n) is 3.64. The van der Waals surface area contributed by atoms with Crippen LogP contribution in [0.4, 0.5) is 0 Å². The van der Waals surface area contributed by atoms with Gasteiger partial charge in [-0.3, -0.25) is 0 Å².